The molecule has 3 rings (SSSR count). The van der Waals surface area contributed by atoms with Crippen LogP contribution in [0.5, 0.6) is 0 Å². The van der Waals surface area contributed by atoms with Crippen molar-refractivity contribution in [1.29, 1.82) is 0 Å². The van der Waals surface area contributed by atoms with Crippen molar-refractivity contribution in [1.82, 2.24) is 14.9 Å². The zero-order valence-electron chi connectivity index (χ0n) is 11.2. The number of nitrogens with one attached hydrogen (secondary N) is 1. The van der Waals surface area contributed by atoms with E-state index in [9.17, 15) is 0 Å². The van der Waals surface area contributed by atoms with Crippen molar-refractivity contribution in [3.63, 3.8) is 0 Å². The SMILES string of the molecule is CN1CCC(CNc2ncnc3c2CCCC3)C1. The van der Waals surface area contributed by atoms with Crippen LogP contribution in [0.4, 0.5) is 5.82 Å². The van der Waals surface area contributed by atoms with E-state index in [0.717, 1.165) is 31.1 Å². The Morgan fingerprint density at radius 1 is 1.33 bits per heavy atom. The molecular formula is C14H22N4. The van der Waals surface area contributed by atoms with Gasteiger partial charge in [-0.3, -0.25) is 0 Å². The molecule has 0 amide bonds. The van der Waals surface area contributed by atoms with Crippen molar-refractivity contribution in [2.45, 2.75) is 32.1 Å². The molecule has 18 heavy (non-hydrogen) atoms. The van der Waals surface area contributed by atoms with Crippen LogP contribution in [0, 0.1) is 5.92 Å². The Hall–Kier alpha value is -1.16. The number of nitrogens with zero attached hydrogens (tertiary/aromatic N) is 3. The quantitative estimate of drug-likeness (QED) is 0.881. The van der Waals surface area contributed by atoms with Gasteiger partial charge >= 0.3 is 0 Å². The molecule has 0 saturated carbocycles. The number of anilines is 1. The van der Waals surface area contributed by atoms with E-state index in [1.54, 1.807) is 6.33 Å². The van der Waals surface area contributed by atoms with Crippen molar-refractivity contribution < 1.29 is 0 Å². The van der Waals surface area contributed by atoms with Crippen molar-refractivity contribution in [3.8, 4) is 0 Å². The number of rotatable bonds is 3. The van der Waals surface area contributed by atoms with Crippen LogP contribution in [-0.4, -0.2) is 41.5 Å². The fraction of sp³-hybridized carbons (Fsp3) is 0.714. The molecule has 0 aromatic carbocycles. The smallest absolute Gasteiger partial charge is 0.132 e. The van der Waals surface area contributed by atoms with E-state index in [-0.39, 0.29) is 0 Å². The first-order chi connectivity index (χ1) is 8.83. The first kappa shape index (κ1) is 11.9. The van der Waals surface area contributed by atoms with Crippen LogP contribution in [0.3, 0.4) is 0 Å². The van der Waals surface area contributed by atoms with E-state index in [1.807, 2.05) is 0 Å². The zero-order chi connectivity index (χ0) is 12.4. The maximum absolute atomic E-state index is 4.44. The van der Waals surface area contributed by atoms with Gasteiger partial charge in [0.25, 0.3) is 0 Å². The molecule has 0 bridgehead atoms. The molecule has 1 aromatic rings. The molecule has 2 aliphatic rings. The summed E-state index contributed by atoms with van der Waals surface area (Å²) in [5.74, 6) is 1.86. The molecule has 2 heterocycles. The Morgan fingerprint density at radius 3 is 3.06 bits per heavy atom. The lowest BCUT2D eigenvalue weighted by Gasteiger charge is -2.19. The first-order valence-electron chi connectivity index (χ1n) is 7.08. The summed E-state index contributed by atoms with van der Waals surface area (Å²) in [6.45, 7) is 3.49. The van der Waals surface area contributed by atoms with Crippen LogP contribution in [-0.2, 0) is 12.8 Å². The molecule has 1 unspecified atom stereocenters. The highest BCUT2D eigenvalue weighted by Gasteiger charge is 2.20. The van der Waals surface area contributed by atoms with Gasteiger partial charge in [-0.25, -0.2) is 9.97 Å². The second kappa shape index (κ2) is 5.22. The van der Waals surface area contributed by atoms with Gasteiger partial charge in [0.2, 0.25) is 0 Å². The fourth-order valence-corrected chi connectivity index (χ4v) is 3.11. The van der Waals surface area contributed by atoms with E-state index in [2.05, 4.69) is 27.2 Å². The third kappa shape index (κ3) is 2.48. The third-order valence-corrected chi connectivity index (χ3v) is 4.17. The number of hydrogen-bond acceptors (Lipinski definition) is 4. The van der Waals surface area contributed by atoms with Crippen molar-refractivity contribution >= 4 is 5.82 Å². The minimum atomic E-state index is 0.768. The molecule has 0 radical (unpaired) electrons. The Morgan fingerprint density at radius 2 is 2.22 bits per heavy atom. The lowest BCUT2D eigenvalue weighted by Crippen LogP contribution is -2.21. The second-order valence-corrected chi connectivity index (χ2v) is 5.65. The van der Waals surface area contributed by atoms with Crippen LogP contribution in [0.15, 0.2) is 6.33 Å². The zero-order valence-corrected chi connectivity index (χ0v) is 11.2. The van der Waals surface area contributed by atoms with Gasteiger partial charge in [-0.1, -0.05) is 0 Å². The lowest BCUT2D eigenvalue weighted by molar-refractivity contribution is 0.399. The molecule has 1 atom stereocenters. The summed E-state index contributed by atoms with van der Waals surface area (Å²) >= 11 is 0. The Labute approximate surface area is 109 Å². The summed E-state index contributed by atoms with van der Waals surface area (Å²) in [6.07, 6.45) is 7.84. The Kier molecular flexibility index (Phi) is 3.46. The Balaban J connectivity index is 1.65. The van der Waals surface area contributed by atoms with Crippen LogP contribution < -0.4 is 5.32 Å². The van der Waals surface area contributed by atoms with Crippen LogP contribution in [0.25, 0.3) is 0 Å². The average Bonchev–Trinajstić information content (AvgIpc) is 2.82. The lowest BCUT2D eigenvalue weighted by atomic mass is 9.96. The molecule has 1 saturated heterocycles. The Bertz CT molecular complexity index is 418. The first-order valence-corrected chi connectivity index (χ1v) is 7.08. The van der Waals surface area contributed by atoms with Gasteiger partial charge in [0.1, 0.15) is 12.1 Å². The summed E-state index contributed by atoms with van der Waals surface area (Å²) in [5, 5.41) is 3.56. The van der Waals surface area contributed by atoms with Crippen LogP contribution in [0.1, 0.15) is 30.5 Å². The molecule has 98 valence electrons. The van der Waals surface area contributed by atoms with E-state index >= 15 is 0 Å². The summed E-state index contributed by atoms with van der Waals surface area (Å²) in [5.41, 5.74) is 2.64. The van der Waals surface area contributed by atoms with E-state index in [4.69, 9.17) is 0 Å². The van der Waals surface area contributed by atoms with Crippen LogP contribution in [0.2, 0.25) is 0 Å². The number of likely N-dealkylation sites (tertiary alicyclic amines) is 1. The molecule has 1 aliphatic carbocycles. The summed E-state index contributed by atoms with van der Waals surface area (Å²) in [4.78, 5) is 11.3. The number of aryl methyl sites for hydroxylation is 1. The highest BCUT2D eigenvalue weighted by Crippen LogP contribution is 2.25. The van der Waals surface area contributed by atoms with Gasteiger partial charge in [0.05, 0.1) is 0 Å². The predicted molar refractivity (Wildman–Crippen MR) is 72.8 cm³/mol. The normalized spacial score (nSPS) is 23.9. The number of hydrogen-bond donors (Lipinski definition) is 1. The maximum Gasteiger partial charge on any atom is 0.132 e. The minimum Gasteiger partial charge on any atom is -0.369 e. The molecule has 1 aliphatic heterocycles. The summed E-state index contributed by atoms with van der Waals surface area (Å²) in [6, 6.07) is 0. The average molecular weight is 246 g/mol. The van der Waals surface area contributed by atoms with Gasteiger partial charge in [-0.2, -0.15) is 0 Å². The van der Waals surface area contributed by atoms with E-state index < -0.39 is 0 Å². The van der Waals surface area contributed by atoms with Gasteiger partial charge < -0.3 is 10.2 Å². The molecule has 1 N–H and O–H groups in total. The standard InChI is InChI=1S/C14H22N4/c1-18-7-6-11(9-18)8-15-14-12-4-2-3-5-13(12)16-10-17-14/h10-11H,2-9H2,1H3,(H,15,16,17). The number of aromatic nitrogens is 2. The highest BCUT2D eigenvalue weighted by atomic mass is 15.1. The van der Waals surface area contributed by atoms with Crippen molar-refractivity contribution in [3.05, 3.63) is 17.6 Å². The fourth-order valence-electron chi connectivity index (χ4n) is 3.11. The van der Waals surface area contributed by atoms with Gasteiger partial charge in [0.15, 0.2) is 0 Å². The monoisotopic (exact) mass is 246 g/mol. The van der Waals surface area contributed by atoms with Crippen molar-refractivity contribution in [2.75, 3.05) is 32.0 Å². The molecule has 0 spiro atoms. The molecular weight excluding hydrogens is 224 g/mol. The molecule has 1 fully saturated rings. The van der Waals surface area contributed by atoms with E-state index in [1.165, 1.54) is 43.6 Å². The van der Waals surface area contributed by atoms with Crippen molar-refractivity contribution in [2.24, 2.45) is 5.92 Å². The topological polar surface area (TPSA) is 41.0 Å². The second-order valence-electron chi connectivity index (χ2n) is 5.65. The van der Waals surface area contributed by atoms with Gasteiger partial charge in [0, 0.05) is 24.3 Å². The minimum absolute atomic E-state index is 0.768. The molecule has 4 nitrogen and oxygen atoms in total. The predicted octanol–water partition coefficient (Wildman–Crippen LogP) is 1.72. The summed E-state index contributed by atoms with van der Waals surface area (Å²) < 4.78 is 0. The van der Waals surface area contributed by atoms with Gasteiger partial charge in [-0.05, 0) is 51.6 Å². The summed E-state index contributed by atoms with van der Waals surface area (Å²) in [7, 11) is 2.20. The largest absolute Gasteiger partial charge is 0.369 e. The third-order valence-electron chi connectivity index (χ3n) is 4.17. The molecule has 1 aromatic heterocycles. The van der Waals surface area contributed by atoms with Gasteiger partial charge in [-0.15, -0.1) is 0 Å². The highest BCUT2D eigenvalue weighted by molar-refractivity contribution is 5.46. The van der Waals surface area contributed by atoms with Crippen LogP contribution >= 0.6 is 0 Å². The molecule has 4 heteroatoms. The van der Waals surface area contributed by atoms with E-state index in [0.29, 0.717) is 0 Å². The number of fused-ring (bicyclic) bond motifs is 1. The maximum atomic E-state index is 4.44.